The molecule has 8 nitrogen and oxygen atoms in total. The van der Waals surface area contributed by atoms with Crippen LogP contribution in [0.2, 0.25) is 0 Å². The predicted molar refractivity (Wildman–Crippen MR) is 58.5 cm³/mol. The average Bonchev–Trinajstić information content (AvgIpc) is 2.35. The van der Waals surface area contributed by atoms with Crippen LogP contribution in [0.5, 0.6) is 0 Å². The van der Waals surface area contributed by atoms with Gasteiger partial charge in [-0.25, -0.2) is 0 Å². The standard InChI is InChI=1S/2C5H11NO3.Cu/c2*1-3(2-7)4(6)5(8)9;/h2*3-4,7H,2,6H2,1H3,(H,8,9);/q;;+2/p-2/t2*3?,4-;/m11./s1. The summed E-state index contributed by atoms with van der Waals surface area (Å²) in [4.78, 5) is 19.9. The molecule has 0 aliphatic rings. The summed E-state index contributed by atoms with van der Waals surface area (Å²) >= 11 is 0. The molecule has 9 heteroatoms. The molecule has 0 bridgehead atoms. The molecule has 0 aromatic heterocycles. The minimum Gasteiger partial charge on any atom is -0.548 e. The van der Waals surface area contributed by atoms with E-state index in [1.807, 2.05) is 0 Å². The van der Waals surface area contributed by atoms with Crippen LogP contribution in [0.15, 0.2) is 0 Å². The molecule has 117 valence electrons. The van der Waals surface area contributed by atoms with Gasteiger partial charge in [0.25, 0.3) is 0 Å². The molecule has 0 aromatic carbocycles. The first-order valence-corrected chi connectivity index (χ1v) is 5.33. The molecular weight excluding hydrogens is 308 g/mol. The second-order valence-electron chi connectivity index (χ2n) is 4.01. The van der Waals surface area contributed by atoms with Crippen molar-refractivity contribution >= 4 is 11.9 Å². The van der Waals surface area contributed by atoms with Crippen molar-refractivity contribution in [3.63, 3.8) is 0 Å². The zero-order valence-corrected chi connectivity index (χ0v) is 11.6. The number of nitrogens with two attached hydrogens (primary N) is 2. The second kappa shape index (κ2) is 12.3. The van der Waals surface area contributed by atoms with E-state index in [0.717, 1.165) is 0 Å². The van der Waals surface area contributed by atoms with Crippen LogP contribution in [0.1, 0.15) is 13.8 Å². The first-order valence-electron chi connectivity index (χ1n) is 5.33. The van der Waals surface area contributed by atoms with Gasteiger partial charge in [0.2, 0.25) is 0 Å². The summed E-state index contributed by atoms with van der Waals surface area (Å²) in [6, 6.07) is -2.12. The summed E-state index contributed by atoms with van der Waals surface area (Å²) in [7, 11) is 0. The van der Waals surface area contributed by atoms with Crippen LogP contribution in [0.4, 0.5) is 0 Å². The van der Waals surface area contributed by atoms with Crippen LogP contribution >= 0.6 is 0 Å². The number of aliphatic carboxylic acids is 2. The van der Waals surface area contributed by atoms with E-state index < -0.39 is 35.9 Å². The third-order valence-electron chi connectivity index (χ3n) is 2.35. The molecule has 0 rings (SSSR count). The van der Waals surface area contributed by atoms with Crippen LogP contribution < -0.4 is 21.7 Å². The summed E-state index contributed by atoms with van der Waals surface area (Å²) in [5.41, 5.74) is 10.1. The van der Waals surface area contributed by atoms with Gasteiger partial charge >= 0.3 is 17.1 Å². The van der Waals surface area contributed by atoms with Crippen molar-refractivity contribution in [2.45, 2.75) is 25.9 Å². The first-order chi connectivity index (χ1) is 8.18. The first kappa shape index (κ1) is 23.4. The molecule has 0 amide bonds. The Hall–Kier alpha value is -0.701. The van der Waals surface area contributed by atoms with Gasteiger partial charge in [-0.1, -0.05) is 13.8 Å². The van der Waals surface area contributed by atoms with Crippen molar-refractivity contribution in [2.24, 2.45) is 23.3 Å². The Kier molecular flexibility index (Phi) is 15.2. The van der Waals surface area contributed by atoms with Gasteiger partial charge in [0.15, 0.2) is 0 Å². The summed E-state index contributed by atoms with van der Waals surface area (Å²) in [6.07, 6.45) is 0. The number of carbonyl (C=O) groups is 2. The van der Waals surface area contributed by atoms with Gasteiger partial charge in [-0.3, -0.25) is 0 Å². The SMILES string of the molecule is CC(CO)[C@@H](N)C(=O)[O-].CC(CO)[C@@H](N)C(=O)[O-].[Cu+2]. The van der Waals surface area contributed by atoms with Gasteiger partial charge in [0.1, 0.15) is 0 Å². The number of carboxylic acid groups (broad SMARTS) is 2. The van der Waals surface area contributed by atoms with Crippen molar-refractivity contribution < 1.29 is 47.1 Å². The number of carbonyl (C=O) groups excluding carboxylic acids is 2. The molecule has 4 atom stereocenters. The maximum atomic E-state index is 9.95. The summed E-state index contributed by atoms with van der Waals surface area (Å²) in [5.74, 6) is -3.52. The Morgan fingerprint density at radius 2 is 1.16 bits per heavy atom. The Labute approximate surface area is 122 Å². The van der Waals surface area contributed by atoms with Crippen molar-refractivity contribution in [1.82, 2.24) is 0 Å². The van der Waals surface area contributed by atoms with Crippen LogP contribution in [0.25, 0.3) is 0 Å². The number of rotatable bonds is 6. The molecule has 19 heavy (non-hydrogen) atoms. The minimum absolute atomic E-state index is 0. The zero-order chi connectivity index (χ0) is 14.9. The predicted octanol–water partition coefficient (Wildman–Crippen LogP) is -4.62. The van der Waals surface area contributed by atoms with E-state index in [2.05, 4.69) is 0 Å². The van der Waals surface area contributed by atoms with Crippen LogP contribution in [-0.2, 0) is 26.7 Å². The minimum atomic E-state index is -1.32. The van der Waals surface area contributed by atoms with Crippen molar-refractivity contribution in [3.8, 4) is 0 Å². The van der Waals surface area contributed by atoms with E-state index >= 15 is 0 Å². The number of hydrogen-bond acceptors (Lipinski definition) is 8. The molecule has 6 N–H and O–H groups in total. The van der Waals surface area contributed by atoms with E-state index in [-0.39, 0.29) is 30.3 Å². The van der Waals surface area contributed by atoms with E-state index in [0.29, 0.717) is 0 Å². The maximum absolute atomic E-state index is 9.95. The van der Waals surface area contributed by atoms with Crippen LogP contribution in [0, 0.1) is 11.8 Å². The average molecular weight is 328 g/mol. The van der Waals surface area contributed by atoms with Gasteiger partial charge in [0.05, 0.1) is 11.9 Å². The smallest absolute Gasteiger partial charge is 0.548 e. The van der Waals surface area contributed by atoms with Crippen molar-refractivity contribution in [1.29, 1.82) is 0 Å². The summed E-state index contributed by atoms with van der Waals surface area (Å²) in [6.45, 7) is 2.63. The third kappa shape index (κ3) is 10.9. The molecule has 0 aliphatic carbocycles. The van der Waals surface area contributed by atoms with Gasteiger partial charge < -0.3 is 41.5 Å². The quantitative estimate of drug-likeness (QED) is 0.352. The molecule has 0 aromatic rings. The van der Waals surface area contributed by atoms with Gasteiger partial charge in [0, 0.05) is 25.3 Å². The Balaban J connectivity index is -0.000000256. The van der Waals surface area contributed by atoms with E-state index in [9.17, 15) is 19.8 Å². The molecule has 0 spiro atoms. The third-order valence-corrected chi connectivity index (χ3v) is 2.35. The molecule has 2 unspecified atom stereocenters. The van der Waals surface area contributed by atoms with E-state index in [1.165, 1.54) is 0 Å². The maximum Gasteiger partial charge on any atom is 2.00 e. The van der Waals surface area contributed by atoms with Gasteiger partial charge in [-0.2, -0.15) is 0 Å². The summed E-state index contributed by atoms with van der Waals surface area (Å²) in [5, 5.41) is 36.7. The normalized spacial score (nSPS) is 15.9. The molecule has 0 saturated heterocycles. The van der Waals surface area contributed by atoms with E-state index in [1.54, 1.807) is 13.8 Å². The van der Waals surface area contributed by atoms with E-state index in [4.69, 9.17) is 21.7 Å². The fraction of sp³-hybridized carbons (Fsp3) is 0.800. The fourth-order valence-electron chi connectivity index (χ4n) is 0.692. The Bertz CT molecular complexity index is 240. The zero-order valence-electron chi connectivity index (χ0n) is 10.7. The molecule has 0 saturated carbocycles. The van der Waals surface area contributed by atoms with Crippen LogP contribution in [-0.4, -0.2) is 47.4 Å². The number of aliphatic hydroxyl groups excluding tert-OH is 2. The van der Waals surface area contributed by atoms with Crippen molar-refractivity contribution in [3.05, 3.63) is 0 Å². The number of aliphatic hydroxyl groups is 2. The Morgan fingerprint density at radius 1 is 0.947 bits per heavy atom. The second-order valence-corrected chi connectivity index (χ2v) is 4.01. The number of carboxylic acids is 2. The largest absolute Gasteiger partial charge is 2.00 e. The number of hydrogen-bond donors (Lipinski definition) is 4. The molecule has 0 heterocycles. The van der Waals surface area contributed by atoms with Crippen LogP contribution in [0.3, 0.4) is 0 Å². The molecule has 1 radical (unpaired) electrons. The Morgan fingerprint density at radius 3 is 1.21 bits per heavy atom. The molecule has 0 fully saturated rings. The van der Waals surface area contributed by atoms with Gasteiger partial charge in [-0.15, -0.1) is 0 Å². The molecule has 0 aliphatic heterocycles. The van der Waals surface area contributed by atoms with Crippen molar-refractivity contribution in [2.75, 3.05) is 13.2 Å². The summed E-state index contributed by atoms with van der Waals surface area (Å²) < 4.78 is 0. The van der Waals surface area contributed by atoms with Gasteiger partial charge in [-0.05, 0) is 11.8 Å². The topological polar surface area (TPSA) is 173 Å². The fourth-order valence-corrected chi connectivity index (χ4v) is 0.692. The monoisotopic (exact) mass is 327 g/mol. The molecular formula is C10H20CuN2O6.